The van der Waals surface area contributed by atoms with Crippen molar-refractivity contribution in [2.24, 2.45) is 0 Å². The highest BCUT2D eigenvalue weighted by Crippen LogP contribution is 2.35. The maximum atomic E-state index is 13.8. The number of rotatable bonds is 6. The van der Waals surface area contributed by atoms with Gasteiger partial charge in [0.05, 0.1) is 16.8 Å². The molecule has 2 amide bonds. The van der Waals surface area contributed by atoms with Gasteiger partial charge in [0.2, 0.25) is 5.91 Å². The van der Waals surface area contributed by atoms with E-state index in [1.807, 2.05) is 17.9 Å². The summed E-state index contributed by atoms with van der Waals surface area (Å²) in [5.74, 6) is -0.00575. The van der Waals surface area contributed by atoms with Crippen molar-refractivity contribution >= 4 is 33.4 Å². The van der Waals surface area contributed by atoms with E-state index in [9.17, 15) is 9.59 Å². The summed E-state index contributed by atoms with van der Waals surface area (Å²) < 4.78 is 3.20. The number of nitrogens with one attached hydrogen (secondary N) is 1. The van der Waals surface area contributed by atoms with Crippen molar-refractivity contribution in [3.8, 4) is 0 Å². The van der Waals surface area contributed by atoms with Crippen LogP contribution in [0.5, 0.6) is 0 Å². The van der Waals surface area contributed by atoms with Crippen LogP contribution in [0.25, 0.3) is 10.2 Å². The SMILES string of the molecule is CN(CCN1C(=O)c2cc3sccc3n2C[C@@]1(C)C(=O)NC1CCCCC1)C1CCCCC1. The second kappa shape index (κ2) is 9.41. The van der Waals surface area contributed by atoms with Crippen molar-refractivity contribution in [3.63, 3.8) is 0 Å². The number of thiophene rings is 1. The Morgan fingerprint density at radius 2 is 1.85 bits per heavy atom. The first kappa shape index (κ1) is 22.9. The Morgan fingerprint density at radius 1 is 1.15 bits per heavy atom. The van der Waals surface area contributed by atoms with Gasteiger partial charge in [0, 0.05) is 25.2 Å². The molecule has 3 heterocycles. The van der Waals surface area contributed by atoms with Crippen molar-refractivity contribution in [2.75, 3.05) is 20.1 Å². The third-order valence-corrected chi connectivity index (χ3v) is 9.21. The first-order chi connectivity index (χ1) is 16.0. The number of likely N-dealkylation sites (N-methyl/N-ethyl adjacent to an activating group) is 1. The first-order valence-corrected chi connectivity index (χ1v) is 13.8. The fourth-order valence-corrected chi connectivity index (χ4v) is 7.00. The zero-order chi connectivity index (χ0) is 23.0. The molecule has 6 nitrogen and oxygen atoms in total. The molecular formula is C26H38N4O2S. The van der Waals surface area contributed by atoms with E-state index in [2.05, 4.69) is 33.3 Å². The molecule has 2 aromatic rings. The lowest BCUT2D eigenvalue weighted by Gasteiger charge is -2.45. The lowest BCUT2D eigenvalue weighted by molar-refractivity contribution is -0.134. The van der Waals surface area contributed by atoms with Gasteiger partial charge >= 0.3 is 0 Å². The summed E-state index contributed by atoms with van der Waals surface area (Å²) in [4.78, 5) is 31.9. The summed E-state index contributed by atoms with van der Waals surface area (Å²) in [6.07, 6.45) is 12.1. The minimum absolute atomic E-state index is 0.00537. The molecule has 2 aromatic heterocycles. The molecule has 0 unspecified atom stereocenters. The second-order valence-corrected chi connectivity index (χ2v) is 11.5. The maximum absolute atomic E-state index is 13.8. The van der Waals surface area contributed by atoms with Gasteiger partial charge in [-0.25, -0.2) is 0 Å². The van der Waals surface area contributed by atoms with E-state index in [-0.39, 0.29) is 17.9 Å². The second-order valence-electron chi connectivity index (χ2n) is 10.6. The van der Waals surface area contributed by atoms with E-state index in [0.717, 1.165) is 35.3 Å². The molecule has 0 aromatic carbocycles. The maximum Gasteiger partial charge on any atom is 0.271 e. The predicted molar refractivity (Wildman–Crippen MR) is 134 cm³/mol. The third kappa shape index (κ3) is 4.34. The predicted octanol–water partition coefficient (Wildman–Crippen LogP) is 4.63. The van der Waals surface area contributed by atoms with Gasteiger partial charge in [0.25, 0.3) is 5.91 Å². The Bertz CT molecular complexity index is 1000. The number of fused-ring (bicyclic) bond motifs is 3. The zero-order valence-electron chi connectivity index (χ0n) is 20.1. The zero-order valence-corrected chi connectivity index (χ0v) is 21.0. The Kier molecular flexibility index (Phi) is 6.54. The Labute approximate surface area is 201 Å². The van der Waals surface area contributed by atoms with Gasteiger partial charge in [-0.3, -0.25) is 9.59 Å². The van der Waals surface area contributed by atoms with Crippen molar-refractivity contribution in [3.05, 3.63) is 23.2 Å². The number of hydrogen-bond acceptors (Lipinski definition) is 4. The van der Waals surface area contributed by atoms with E-state index in [1.54, 1.807) is 11.3 Å². The van der Waals surface area contributed by atoms with Gasteiger partial charge in [0.1, 0.15) is 11.2 Å². The number of amides is 2. The number of nitrogens with zero attached hydrogens (tertiary/aromatic N) is 3. The molecular weight excluding hydrogens is 432 g/mol. The van der Waals surface area contributed by atoms with Crippen LogP contribution in [0.4, 0.5) is 0 Å². The summed E-state index contributed by atoms with van der Waals surface area (Å²) in [5, 5.41) is 5.40. The standard InChI is InChI=1S/C26H38N4O2S/c1-26(25(32)27-19-9-5-3-6-10-19)18-29-21-13-16-33-23(21)17-22(29)24(31)30(26)15-14-28(2)20-11-7-4-8-12-20/h13,16-17,19-20H,3-12,14-15,18H2,1-2H3,(H,27,32)/t26-/m0/s1. The van der Waals surface area contributed by atoms with Crippen LogP contribution in [0.15, 0.2) is 17.5 Å². The van der Waals surface area contributed by atoms with E-state index in [4.69, 9.17) is 0 Å². The van der Waals surface area contributed by atoms with Gasteiger partial charge in [-0.15, -0.1) is 11.3 Å². The summed E-state index contributed by atoms with van der Waals surface area (Å²) >= 11 is 1.66. The van der Waals surface area contributed by atoms with E-state index in [1.165, 1.54) is 51.4 Å². The molecule has 0 spiro atoms. The molecule has 2 fully saturated rings. The minimum atomic E-state index is -0.886. The molecule has 33 heavy (non-hydrogen) atoms. The summed E-state index contributed by atoms with van der Waals surface area (Å²) in [6.45, 7) is 3.88. The molecule has 2 aliphatic carbocycles. The van der Waals surface area contributed by atoms with Crippen molar-refractivity contribution in [2.45, 2.75) is 95.3 Å². The summed E-state index contributed by atoms with van der Waals surface area (Å²) in [5.41, 5.74) is 0.905. The summed E-state index contributed by atoms with van der Waals surface area (Å²) in [7, 11) is 2.18. The average molecular weight is 471 g/mol. The molecule has 0 radical (unpaired) electrons. The highest BCUT2D eigenvalue weighted by Gasteiger charge is 2.48. The lowest BCUT2D eigenvalue weighted by Crippen LogP contribution is -2.65. The molecule has 3 aliphatic rings. The molecule has 1 atom stereocenters. The van der Waals surface area contributed by atoms with Crippen LogP contribution >= 0.6 is 11.3 Å². The number of carbonyl (C=O) groups is 2. The smallest absolute Gasteiger partial charge is 0.271 e. The van der Waals surface area contributed by atoms with E-state index < -0.39 is 5.54 Å². The van der Waals surface area contributed by atoms with Crippen molar-refractivity contribution in [1.82, 2.24) is 19.7 Å². The van der Waals surface area contributed by atoms with E-state index >= 15 is 0 Å². The van der Waals surface area contributed by atoms with Crippen LogP contribution in [0.1, 0.15) is 81.6 Å². The highest BCUT2D eigenvalue weighted by atomic mass is 32.1. The number of carbonyl (C=O) groups excluding carboxylic acids is 2. The molecule has 0 saturated heterocycles. The molecule has 1 N–H and O–H groups in total. The molecule has 7 heteroatoms. The van der Waals surface area contributed by atoms with Gasteiger partial charge in [-0.2, -0.15) is 0 Å². The average Bonchev–Trinajstić information content (AvgIpc) is 3.42. The molecule has 5 rings (SSSR count). The topological polar surface area (TPSA) is 57.6 Å². The monoisotopic (exact) mass is 470 g/mol. The molecule has 0 bridgehead atoms. The van der Waals surface area contributed by atoms with Crippen LogP contribution in [0.3, 0.4) is 0 Å². The Balaban J connectivity index is 1.40. The Morgan fingerprint density at radius 3 is 2.58 bits per heavy atom. The lowest BCUT2D eigenvalue weighted by atomic mass is 9.91. The fraction of sp³-hybridized carbons (Fsp3) is 0.692. The molecule has 2 saturated carbocycles. The number of hydrogen-bond donors (Lipinski definition) is 1. The third-order valence-electron chi connectivity index (χ3n) is 8.35. The minimum Gasteiger partial charge on any atom is -0.351 e. The molecule has 180 valence electrons. The summed E-state index contributed by atoms with van der Waals surface area (Å²) in [6, 6.07) is 4.91. The van der Waals surface area contributed by atoms with Crippen LogP contribution in [0.2, 0.25) is 0 Å². The van der Waals surface area contributed by atoms with Crippen LogP contribution in [-0.2, 0) is 11.3 Å². The fourth-order valence-electron chi connectivity index (χ4n) is 6.17. The van der Waals surface area contributed by atoms with E-state index in [0.29, 0.717) is 19.1 Å². The highest BCUT2D eigenvalue weighted by molar-refractivity contribution is 7.17. The molecule has 1 aliphatic heterocycles. The van der Waals surface area contributed by atoms with Crippen molar-refractivity contribution in [1.29, 1.82) is 0 Å². The van der Waals surface area contributed by atoms with Gasteiger partial charge in [0.15, 0.2) is 0 Å². The van der Waals surface area contributed by atoms with Crippen LogP contribution in [0, 0.1) is 0 Å². The number of aromatic nitrogens is 1. The first-order valence-electron chi connectivity index (χ1n) is 12.9. The van der Waals surface area contributed by atoms with Gasteiger partial charge in [-0.1, -0.05) is 38.5 Å². The normalized spacial score (nSPS) is 25.1. The van der Waals surface area contributed by atoms with Gasteiger partial charge < -0.3 is 19.7 Å². The Hall–Kier alpha value is -1.86. The quantitative estimate of drug-likeness (QED) is 0.670. The van der Waals surface area contributed by atoms with Gasteiger partial charge in [-0.05, 0) is 57.2 Å². The van der Waals surface area contributed by atoms with Crippen LogP contribution < -0.4 is 5.32 Å². The largest absolute Gasteiger partial charge is 0.351 e. The van der Waals surface area contributed by atoms with Crippen molar-refractivity contribution < 1.29 is 9.59 Å². The van der Waals surface area contributed by atoms with Crippen LogP contribution in [-0.4, -0.2) is 63.9 Å².